The van der Waals surface area contributed by atoms with Crippen molar-refractivity contribution in [3.63, 3.8) is 0 Å². The maximum absolute atomic E-state index is 11.6. The van der Waals surface area contributed by atoms with E-state index in [-0.39, 0.29) is 18.6 Å². The molecule has 3 N–H and O–H groups in total. The van der Waals surface area contributed by atoms with E-state index in [4.69, 9.17) is 2.74 Å². The third-order valence-electron chi connectivity index (χ3n) is 1.73. The van der Waals surface area contributed by atoms with E-state index < -0.39 is 6.50 Å². The summed E-state index contributed by atoms with van der Waals surface area (Å²) in [5.41, 5.74) is 0.601. The van der Waals surface area contributed by atoms with Crippen LogP contribution in [-0.4, -0.2) is 19.3 Å². The van der Waals surface area contributed by atoms with Crippen LogP contribution in [0.1, 0.15) is 25.9 Å². The lowest BCUT2D eigenvalue weighted by molar-refractivity contribution is -0.627. The summed E-state index contributed by atoms with van der Waals surface area (Å²) in [6, 6.07) is 3.48. The largest absolute Gasteiger partial charge is 0.349 e. The van der Waals surface area contributed by atoms with Crippen molar-refractivity contribution in [2.45, 2.75) is 12.8 Å². The molecular weight excluding hydrogens is 164 g/mol. The molecule has 0 aliphatic rings. The van der Waals surface area contributed by atoms with Crippen LogP contribution in [-0.2, 0) is 0 Å². The van der Waals surface area contributed by atoms with E-state index in [0.717, 1.165) is 0 Å². The molecule has 0 fully saturated rings. The maximum atomic E-state index is 11.6. The molecule has 0 radical (unpaired) electrons. The highest BCUT2D eigenvalue weighted by molar-refractivity contribution is 5.95. The Kier molecular flexibility index (Phi) is 3.01. The highest BCUT2D eigenvalue weighted by atomic mass is 16.1. The molecule has 1 aromatic heterocycles. The van der Waals surface area contributed by atoms with Gasteiger partial charge in [0.15, 0.2) is 18.2 Å². The average molecular weight is 182 g/mol. The first kappa shape index (κ1) is 7.21. The normalized spacial score (nSPS) is 13.3. The number of aromatic amines is 1. The second kappa shape index (κ2) is 5.43. The van der Waals surface area contributed by atoms with Gasteiger partial charge in [0.25, 0.3) is 0 Å². The van der Waals surface area contributed by atoms with E-state index in [2.05, 4.69) is 4.98 Å². The third-order valence-corrected chi connectivity index (χ3v) is 1.73. The van der Waals surface area contributed by atoms with E-state index >= 15 is 0 Å². The molecule has 70 valence electrons. The van der Waals surface area contributed by atoms with Gasteiger partial charge in [0.05, 0.1) is 21.8 Å². The highest BCUT2D eigenvalue weighted by Crippen LogP contribution is 2.00. The summed E-state index contributed by atoms with van der Waals surface area (Å²) in [4.78, 5) is 14.4. The number of carbonyl (C=O) groups excluding carboxylic acids is 1. The fourth-order valence-electron chi connectivity index (χ4n) is 1.04. The van der Waals surface area contributed by atoms with Gasteiger partial charge in [0.2, 0.25) is 0 Å². The lowest BCUT2D eigenvalue weighted by Crippen LogP contribution is -2.79. The molecule has 0 aromatic carbocycles. The van der Waals surface area contributed by atoms with Crippen LogP contribution in [0.15, 0.2) is 24.5 Å². The van der Waals surface area contributed by atoms with Crippen molar-refractivity contribution in [2.75, 3.05) is 13.5 Å². The van der Waals surface area contributed by atoms with Crippen LogP contribution in [0.3, 0.4) is 0 Å². The van der Waals surface area contributed by atoms with E-state index in [1.807, 2.05) is 0 Å². The Hall–Kier alpha value is -1.22. The molecule has 0 aliphatic carbocycles. The summed E-state index contributed by atoms with van der Waals surface area (Å²) in [5.74, 6) is -0.0300. The number of carbonyl (C=O) groups is 1. The number of ketones is 1. The van der Waals surface area contributed by atoms with E-state index in [9.17, 15) is 4.79 Å². The molecule has 0 bridgehead atoms. The fourth-order valence-corrected chi connectivity index (χ4v) is 1.04. The zero-order valence-electron chi connectivity index (χ0n) is 9.71. The van der Waals surface area contributed by atoms with Crippen molar-refractivity contribution < 1.29 is 17.8 Å². The predicted octanol–water partition coefficient (Wildman–Crippen LogP) is -0.343. The van der Waals surface area contributed by atoms with Crippen LogP contribution in [0.2, 0.25) is 0 Å². The average Bonchev–Trinajstić information content (AvgIpc) is 2.27. The summed E-state index contributed by atoms with van der Waals surface area (Å²) in [5, 5.41) is 1.48. The minimum Gasteiger partial charge on any atom is -0.349 e. The van der Waals surface area contributed by atoms with Crippen molar-refractivity contribution in [2.24, 2.45) is 0 Å². The number of Topliss-reactive ketones (excluding diaryl/α,β-unsaturated/α-hetero) is 1. The molecule has 0 unspecified atom stereocenters. The van der Waals surface area contributed by atoms with Crippen molar-refractivity contribution in [3.8, 4) is 0 Å². The smallest absolute Gasteiger partial charge is 0.177 e. The Morgan fingerprint density at radius 2 is 2.62 bits per heavy atom. The zero-order valence-corrected chi connectivity index (χ0v) is 7.71. The SMILES string of the molecule is [2H]C([2H])(CCC(=O)c1ccc[nH+]c1)[NH2+]C. The molecule has 3 heteroatoms. The first-order chi connectivity index (χ1) is 7.05. The van der Waals surface area contributed by atoms with E-state index in [1.165, 1.54) is 5.32 Å². The molecule has 0 aliphatic heterocycles. The Morgan fingerprint density at radius 3 is 3.23 bits per heavy atom. The summed E-state index contributed by atoms with van der Waals surface area (Å²) >= 11 is 0. The summed E-state index contributed by atoms with van der Waals surface area (Å²) in [6.45, 7) is -1.35. The molecule has 3 nitrogen and oxygen atoms in total. The minimum atomic E-state index is -1.35. The van der Waals surface area contributed by atoms with Crippen LogP contribution in [0, 0.1) is 0 Å². The highest BCUT2D eigenvalue weighted by Gasteiger charge is 2.06. The van der Waals surface area contributed by atoms with Gasteiger partial charge in [-0.05, 0) is 6.07 Å². The van der Waals surface area contributed by atoms with Gasteiger partial charge in [-0.25, -0.2) is 4.98 Å². The van der Waals surface area contributed by atoms with Crippen LogP contribution >= 0.6 is 0 Å². The van der Waals surface area contributed by atoms with Crippen molar-refractivity contribution in [1.82, 2.24) is 0 Å². The zero-order chi connectivity index (χ0) is 11.3. The Bertz CT molecular complexity index is 327. The van der Waals surface area contributed by atoms with Gasteiger partial charge in [-0.2, -0.15) is 0 Å². The monoisotopic (exact) mass is 182 g/mol. The van der Waals surface area contributed by atoms with Crippen LogP contribution in [0.4, 0.5) is 0 Å². The second-order valence-corrected chi connectivity index (χ2v) is 2.71. The molecule has 1 heterocycles. The molecule has 0 spiro atoms. The molecule has 0 saturated heterocycles. The molecule has 0 atom stereocenters. The van der Waals surface area contributed by atoms with Crippen molar-refractivity contribution in [3.05, 3.63) is 30.1 Å². The summed E-state index contributed by atoms with van der Waals surface area (Å²) < 4.78 is 15.0. The molecule has 1 aromatic rings. The number of quaternary nitrogens is 1. The first-order valence-corrected chi connectivity index (χ1v) is 4.35. The standard InChI is InChI=1S/C10H14N2O/c1-11-6-3-5-10(13)9-4-2-7-12-8-9/h2,4,7-8,11H,3,5-6H2,1H3/p+2/i6D2. The number of aromatic nitrogens is 1. The molecule has 0 amide bonds. The number of hydrogen-bond donors (Lipinski definition) is 1. The first-order valence-electron chi connectivity index (χ1n) is 5.35. The number of nitrogens with one attached hydrogen (secondary N) is 1. The Morgan fingerprint density at radius 1 is 1.77 bits per heavy atom. The second-order valence-electron chi connectivity index (χ2n) is 2.71. The van der Waals surface area contributed by atoms with Crippen LogP contribution < -0.4 is 10.3 Å². The Balaban J connectivity index is 2.51. The topological polar surface area (TPSA) is 47.8 Å². The van der Waals surface area contributed by atoms with Gasteiger partial charge < -0.3 is 5.32 Å². The molecule has 13 heavy (non-hydrogen) atoms. The van der Waals surface area contributed by atoms with Crippen molar-refractivity contribution in [1.29, 1.82) is 0 Å². The molecule has 1 rings (SSSR count). The van der Waals surface area contributed by atoms with Gasteiger partial charge in [0.1, 0.15) is 0 Å². The van der Waals surface area contributed by atoms with Crippen molar-refractivity contribution >= 4 is 5.78 Å². The molecular formula is C10H16N2O+2. The number of H-pyrrole nitrogens is 1. The van der Waals surface area contributed by atoms with E-state index in [0.29, 0.717) is 5.56 Å². The minimum absolute atomic E-state index is 0.0300. The van der Waals surface area contributed by atoms with Gasteiger partial charge in [-0.1, -0.05) is 0 Å². The lowest BCUT2D eigenvalue weighted by Gasteiger charge is -1.96. The Labute approximate surface area is 81.0 Å². The number of hydrogen-bond acceptors (Lipinski definition) is 1. The molecule has 0 saturated carbocycles. The number of nitrogens with two attached hydrogens (primary N) is 1. The van der Waals surface area contributed by atoms with Gasteiger partial charge >= 0.3 is 0 Å². The van der Waals surface area contributed by atoms with Gasteiger partial charge in [-0.15, -0.1) is 0 Å². The predicted molar refractivity (Wildman–Crippen MR) is 49.3 cm³/mol. The van der Waals surface area contributed by atoms with Crippen LogP contribution in [0.5, 0.6) is 0 Å². The number of pyridine rings is 1. The summed E-state index contributed by atoms with van der Waals surface area (Å²) in [7, 11) is 1.67. The van der Waals surface area contributed by atoms with Gasteiger partial charge in [0, 0.05) is 18.9 Å². The quantitative estimate of drug-likeness (QED) is 0.622. The fraction of sp³-hybridized carbons (Fsp3) is 0.400. The summed E-state index contributed by atoms with van der Waals surface area (Å²) in [6.07, 6.45) is 3.83. The third kappa shape index (κ3) is 3.34. The van der Waals surface area contributed by atoms with Gasteiger partial charge in [-0.3, -0.25) is 4.79 Å². The lowest BCUT2D eigenvalue weighted by atomic mass is 10.1. The van der Waals surface area contributed by atoms with Crippen LogP contribution in [0.25, 0.3) is 0 Å². The maximum Gasteiger partial charge on any atom is 0.177 e. The van der Waals surface area contributed by atoms with E-state index in [1.54, 1.807) is 31.6 Å². The number of rotatable bonds is 5.